The van der Waals surface area contributed by atoms with Crippen LogP contribution in [0.15, 0.2) is 0 Å². The first kappa shape index (κ1) is 43.1. The number of carbonyl (C=O) groups excluding carboxylic acids is 1. The molecule has 0 aromatic rings. The van der Waals surface area contributed by atoms with Crippen LogP contribution in [-0.2, 0) is 14.9 Å². The maximum absolute atomic E-state index is 13.1. The van der Waals surface area contributed by atoms with Crippen LogP contribution in [0.5, 0.6) is 0 Å². The van der Waals surface area contributed by atoms with Crippen molar-refractivity contribution >= 4 is 16.0 Å². The molecule has 4 aliphatic carbocycles. The summed E-state index contributed by atoms with van der Waals surface area (Å²) in [5.74, 6) is 5.05. The van der Waals surface area contributed by atoms with E-state index in [2.05, 4.69) is 47.1 Å². The van der Waals surface area contributed by atoms with Gasteiger partial charge in [0.15, 0.2) is 0 Å². The molecular weight excluding hydrogens is 653 g/mol. The largest absolute Gasteiger partial charge is 0.356 e. The molecule has 0 aromatic heterocycles. The SMILES string of the molecule is CCCCCCCCCCCC[N+](C)(C)C(CCCNC(=O)CC[C@@H](C)[C@H]1CCC2C3CCC4CCCC[C@]4(C)C3CC[C@@]21C)CCS(=O)(=O)O. The summed E-state index contributed by atoms with van der Waals surface area (Å²) in [6.07, 6.45) is 31.2. The Morgan fingerprint density at radius 1 is 0.784 bits per heavy atom. The summed E-state index contributed by atoms with van der Waals surface area (Å²) < 4.78 is 33.6. The molecule has 0 bridgehead atoms. The quantitative estimate of drug-likeness (QED) is 0.0622. The number of quaternary nitrogens is 1. The number of nitrogens with one attached hydrogen (secondary N) is 1. The van der Waals surface area contributed by atoms with E-state index in [1.165, 1.54) is 122 Å². The highest BCUT2D eigenvalue weighted by Crippen LogP contribution is 2.68. The van der Waals surface area contributed by atoms with Crippen molar-refractivity contribution in [3.8, 4) is 0 Å². The second-order valence-electron chi connectivity index (χ2n) is 19.6. The van der Waals surface area contributed by atoms with Gasteiger partial charge in [0.1, 0.15) is 0 Å². The van der Waals surface area contributed by atoms with Gasteiger partial charge in [0, 0.05) is 25.8 Å². The number of amides is 1. The van der Waals surface area contributed by atoms with E-state index in [0.717, 1.165) is 66.3 Å². The monoisotopic (exact) mass is 736 g/mol. The zero-order valence-corrected chi connectivity index (χ0v) is 35.2. The molecule has 2 N–H and O–H groups in total. The van der Waals surface area contributed by atoms with Gasteiger partial charge in [-0.1, -0.05) is 91.9 Å². The molecule has 0 heterocycles. The molecule has 0 aliphatic heterocycles. The minimum Gasteiger partial charge on any atom is -0.356 e. The molecule has 7 heteroatoms. The van der Waals surface area contributed by atoms with Crippen molar-refractivity contribution in [3.63, 3.8) is 0 Å². The fourth-order valence-electron chi connectivity index (χ4n) is 12.8. The van der Waals surface area contributed by atoms with Gasteiger partial charge in [0.2, 0.25) is 5.91 Å². The van der Waals surface area contributed by atoms with E-state index >= 15 is 0 Å². The standard InChI is InChI=1S/C44H82N2O4S/c1-7-8-9-10-11-12-13-14-15-18-33-46(5,6)37(29-34-51(48,49)50)21-19-32-45-42(47)27-22-35(2)39-25-26-40-38-24-23-36-20-16-17-30-43(36,3)41(38)28-31-44(39,40)4/h35-41H,7-34H2,1-6H3,(H-,45,47,48,49,50)/p+1/t35-,36?,37?,38?,39-,40?,41?,43+,44-/m1/s1. The molecule has 4 aliphatic rings. The van der Waals surface area contributed by atoms with Crippen LogP contribution in [0.3, 0.4) is 0 Å². The lowest BCUT2D eigenvalue weighted by atomic mass is 9.44. The van der Waals surface area contributed by atoms with Crippen molar-refractivity contribution in [2.75, 3.05) is 32.9 Å². The van der Waals surface area contributed by atoms with Crippen LogP contribution in [0.25, 0.3) is 0 Å². The average molecular weight is 736 g/mol. The third-order valence-corrected chi connectivity index (χ3v) is 16.7. The Bertz CT molecular complexity index is 1160. The molecule has 51 heavy (non-hydrogen) atoms. The molecule has 0 radical (unpaired) electrons. The molecule has 0 saturated heterocycles. The number of fused-ring (bicyclic) bond motifs is 5. The predicted octanol–water partition coefficient (Wildman–Crippen LogP) is 11.0. The summed E-state index contributed by atoms with van der Waals surface area (Å²) >= 11 is 0. The molecule has 1 amide bonds. The van der Waals surface area contributed by atoms with E-state index in [9.17, 15) is 17.8 Å². The molecule has 4 rings (SSSR count). The van der Waals surface area contributed by atoms with Gasteiger partial charge in [0.05, 0.1) is 32.4 Å². The van der Waals surface area contributed by atoms with Crippen LogP contribution >= 0.6 is 0 Å². The van der Waals surface area contributed by atoms with Crippen molar-refractivity contribution in [1.82, 2.24) is 5.32 Å². The lowest BCUT2D eigenvalue weighted by Crippen LogP contribution is -2.53. The highest BCUT2D eigenvalue weighted by Gasteiger charge is 2.60. The fraction of sp³-hybridized carbons (Fsp3) is 0.977. The Balaban J connectivity index is 1.16. The van der Waals surface area contributed by atoms with E-state index in [1.54, 1.807) is 0 Å². The third-order valence-electron chi connectivity index (χ3n) is 16.0. The summed E-state index contributed by atoms with van der Waals surface area (Å²) in [5.41, 5.74) is 1.05. The third kappa shape index (κ3) is 11.9. The first-order chi connectivity index (χ1) is 24.2. The Morgan fingerprint density at radius 3 is 2.14 bits per heavy atom. The topological polar surface area (TPSA) is 83.5 Å². The van der Waals surface area contributed by atoms with Crippen LogP contribution < -0.4 is 5.32 Å². The summed E-state index contributed by atoms with van der Waals surface area (Å²) in [6, 6.07) is 0.143. The molecular formula is C44H83N2O4S+. The minimum atomic E-state index is -4.00. The van der Waals surface area contributed by atoms with Crippen LogP contribution in [0.1, 0.15) is 188 Å². The number of carbonyl (C=O) groups is 1. The number of hydrogen-bond acceptors (Lipinski definition) is 3. The molecule has 0 aromatic carbocycles. The van der Waals surface area contributed by atoms with Gasteiger partial charge >= 0.3 is 0 Å². The van der Waals surface area contributed by atoms with Crippen molar-refractivity contribution in [3.05, 3.63) is 0 Å². The summed E-state index contributed by atoms with van der Waals surface area (Å²) in [6.45, 7) is 11.7. The Labute approximate surface area is 316 Å². The second-order valence-corrected chi connectivity index (χ2v) is 21.1. The predicted molar refractivity (Wildman–Crippen MR) is 214 cm³/mol. The first-order valence-electron chi connectivity index (χ1n) is 22.3. The minimum absolute atomic E-state index is 0.143. The zero-order chi connectivity index (χ0) is 37.1. The van der Waals surface area contributed by atoms with Crippen molar-refractivity contribution in [2.45, 2.75) is 194 Å². The Morgan fingerprint density at radius 2 is 1.45 bits per heavy atom. The zero-order valence-electron chi connectivity index (χ0n) is 34.4. The number of rotatable bonds is 23. The lowest BCUT2D eigenvalue weighted by Gasteiger charge is -2.61. The summed E-state index contributed by atoms with van der Waals surface area (Å²) in [7, 11) is 0.429. The molecule has 4 fully saturated rings. The lowest BCUT2D eigenvalue weighted by molar-refractivity contribution is -0.915. The fourth-order valence-corrected chi connectivity index (χ4v) is 13.4. The van der Waals surface area contributed by atoms with Gasteiger partial charge in [0.25, 0.3) is 10.1 Å². The maximum Gasteiger partial charge on any atom is 0.265 e. The maximum atomic E-state index is 13.1. The molecule has 5 unspecified atom stereocenters. The van der Waals surface area contributed by atoms with E-state index in [1.807, 2.05) is 0 Å². The van der Waals surface area contributed by atoms with E-state index < -0.39 is 10.1 Å². The van der Waals surface area contributed by atoms with Gasteiger partial charge < -0.3 is 9.80 Å². The highest BCUT2D eigenvalue weighted by molar-refractivity contribution is 7.85. The van der Waals surface area contributed by atoms with E-state index in [0.29, 0.717) is 36.1 Å². The van der Waals surface area contributed by atoms with Crippen LogP contribution in [-0.4, -0.2) is 62.3 Å². The van der Waals surface area contributed by atoms with Gasteiger partial charge in [-0.05, 0) is 123 Å². The van der Waals surface area contributed by atoms with Crippen molar-refractivity contribution in [2.24, 2.45) is 46.3 Å². The molecule has 9 atom stereocenters. The van der Waals surface area contributed by atoms with Crippen LogP contribution in [0.4, 0.5) is 0 Å². The normalized spacial score (nSPS) is 32.1. The van der Waals surface area contributed by atoms with Gasteiger partial charge in [-0.2, -0.15) is 8.42 Å². The first-order valence-corrected chi connectivity index (χ1v) is 23.9. The van der Waals surface area contributed by atoms with Gasteiger partial charge in [-0.25, -0.2) is 0 Å². The average Bonchev–Trinajstić information content (AvgIpc) is 3.44. The second kappa shape index (κ2) is 19.8. The smallest absolute Gasteiger partial charge is 0.265 e. The Kier molecular flexibility index (Phi) is 16.7. The molecule has 0 spiro atoms. The Hall–Kier alpha value is -0.660. The van der Waals surface area contributed by atoms with Crippen LogP contribution in [0.2, 0.25) is 0 Å². The molecule has 6 nitrogen and oxygen atoms in total. The van der Waals surface area contributed by atoms with Gasteiger partial charge in [-0.3, -0.25) is 9.35 Å². The molecule has 4 saturated carbocycles. The van der Waals surface area contributed by atoms with Crippen molar-refractivity contribution in [1.29, 1.82) is 0 Å². The number of nitrogens with zero attached hydrogens (tertiary/aromatic N) is 1. The van der Waals surface area contributed by atoms with E-state index in [4.69, 9.17) is 0 Å². The van der Waals surface area contributed by atoms with Crippen molar-refractivity contribution < 1.29 is 22.2 Å². The van der Waals surface area contributed by atoms with E-state index in [-0.39, 0.29) is 17.7 Å². The summed E-state index contributed by atoms with van der Waals surface area (Å²) in [5, 5.41) is 3.22. The molecule has 298 valence electrons. The highest BCUT2D eigenvalue weighted by atomic mass is 32.2. The number of unbranched alkanes of at least 4 members (excludes halogenated alkanes) is 9. The van der Waals surface area contributed by atoms with Crippen LogP contribution in [0, 0.1) is 46.3 Å². The number of hydrogen-bond donors (Lipinski definition) is 2. The summed E-state index contributed by atoms with van der Waals surface area (Å²) in [4.78, 5) is 13.1. The van der Waals surface area contributed by atoms with Gasteiger partial charge in [-0.15, -0.1) is 0 Å².